The van der Waals surface area contributed by atoms with Crippen molar-refractivity contribution in [1.29, 1.82) is 0 Å². The number of aliphatic hydroxyl groups excluding tert-OH is 1. The SMILES string of the molecule is CCN(CC)CCN1C(=O)C(=O)/C(=C(/O)c2cc(C)c(OC)cc2C)C1c1ccc(F)cc1. The number of ketones is 1. The van der Waals surface area contributed by atoms with Crippen molar-refractivity contribution < 1.29 is 23.8 Å². The fourth-order valence-corrected chi connectivity index (χ4v) is 4.30. The number of aryl methyl sites for hydroxylation is 2. The summed E-state index contributed by atoms with van der Waals surface area (Å²) in [7, 11) is 1.57. The first-order valence-corrected chi connectivity index (χ1v) is 11.1. The van der Waals surface area contributed by atoms with Crippen molar-refractivity contribution in [2.75, 3.05) is 33.3 Å². The number of Topliss-reactive ketones (excluding diaryl/α,β-unsaturated/α-hetero) is 1. The van der Waals surface area contributed by atoms with Crippen molar-refractivity contribution in [2.45, 2.75) is 33.7 Å². The van der Waals surface area contributed by atoms with Crippen molar-refractivity contribution in [2.24, 2.45) is 0 Å². The standard InChI is InChI=1S/C26H31FN2O4/c1-6-28(7-2)12-13-29-23(18-8-10-19(27)11-9-18)22(25(31)26(29)32)24(30)20-14-17(4)21(33-5)15-16(20)3/h8-11,14-15,23,30H,6-7,12-13H2,1-5H3/b24-22+. The van der Waals surface area contributed by atoms with E-state index in [1.54, 1.807) is 38.3 Å². The summed E-state index contributed by atoms with van der Waals surface area (Å²) in [5.74, 6) is -1.40. The molecule has 2 aromatic rings. The van der Waals surface area contributed by atoms with Crippen molar-refractivity contribution in [1.82, 2.24) is 9.80 Å². The molecule has 1 aliphatic heterocycles. The van der Waals surface area contributed by atoms with Crippen LogP contribution in [0.5, 0.6) is 5.75 Å². The topological polar surface area (TPSA) is 70.1 Å². The molecule has 1 saturated heterocycles. The number of hydrogen-bond donors (Lipinski definition) is 1. The van der Waals surface area contributed by atoms with Gasteiger partial charge in [0.15, 0.2) is 0 Å². The minimum atomic E-state index is -0.803. The molecule has 1 N–H and O–H groups in total. The normalized spacial score (nSPS) is 17.8. The van der Waals surface area contributed by atoms with Crippen LogP contribution in [0.3, 0.4) is 0 Å². The Hall–Kier alpha value is -3.19. The van der Waals surface area contributed by atoms with Gasteiger partial charge in [-0.3, -0.25) is 9.59 Å². The summed E-state index contributed by atoms with van der Waals surface area (Å²) in [6, 6.07) is 8.42. The molecule has 176 valence electrons. The number of methoxy groups -OCH3 is 1. The van der Waals surface area contributed by atoms with Crippen molar-refractivity contribution in [3.63, 3.8) is 0 Å². The number of rotatable bonds is 8. The molecule has 0 radical (unpaired) electrons. The number of nitrogens with zero attached hydrogens (tertiary/aromatic N) is 2. The molecule has 1 heterocycles. The average Bonchev–Trinajstić information content (AvgIpc) is 3.06. The van der Waals surface area contributed by atoms with Gasteiger partial charge in [-0.05, 0) is 67.9 Å². The fourth-order valence-electron chi connectivity index (χ4n) is 4.30. The van der Waals surface area contributed by atoms with Crippen LogP contribution in [0.1, 0.15) is 42.1 Å². The lowest BCUT2D eigenvalue weighted by atomic mass is 9.93. The van der Waals surface area contributed by atoms with E-state index in [0.29, 0.717) is 35.5 Å². The lowest BCUT2D eigenvalue weighted by molar-refractivity contribution is -0.140. The van der Waals surface area contributed by atoms with Crippen LogP contribution in [0.25, 0.3) is 5.76 Å². The Morgan fingerprint density at radius 1 is 1.09 bits per heavy atom. The molecule has 6 nitrogen and oxygen atoms in total. The van der Waals surface area contributed by atoms with Gasteiger partial charge in [0.25, 0.3) is 11.7 Å². The second-order valence-corrected chi connectivity index (χ2v) is 8.21. The zero-order valence-corrected chi connectivity index (χ0v) is 19.8. The van der Waals surface area contributed by atoms with Crippen LogP contribution in [0.2, 0.25) is 0 Å². The van der Waals surface area contributed by atoms with Crippen molar-refractivity contribution >= 4 is 17.4 Å². The third-order valence-corrected chi connectivity index (χ3v) is 6.27. The van der Waals surface area contributed by atoms with E-state index >= 15 is 0 Å². The molecule has 0 saturated carbocycles. The van der Waals surface area contributed by atoms with E-state index in [-0.39, 0.29) is 11.3 Å². The van der Waals surface area contributed by atoms with E-state index in [1.807, 2.05) is 20.8 Å². The Morgan fingerprint density at radius 3 is 2.30 bits per heavy atom. The van der Waals surface area contributed by atoms with Crippen molar-refractivity contribution in [3.8, 4) is 5.75 Å². The minimum Gasteiger partial charge on any atom is -0.507 e. The number of aliphatic hydroxyl groups is 1. The summed E-state index contributed by atoms with van der Waals surface area (Å²) in [6.45, 7) is 10.2. The average molecular weight is 455 g/mol. The number of amides is 1. The van der Waals surface area contributed by atoms with Crippen LogP contribution in [-0.4, -0.2) is 59.9 Å². The molecule has 1 fully saturated rings. The van der Waals surface area contributed by atoms with E-state index in [0.717, 1.165) is 18.7 Å². The lowest BCUT2D eigenvalue weighted by Gasteiger charge is -2.28. The Labute approximate surface area is 194 Å². The molecular formula is C26H31FN2O4. The highest BCUT2D eigenvalue weighted by atomic mass is 19.1. The first kappa shape index (κ1) is 24.5. The number of carbonyl (C=O) groups excluding carboxylic acids is 2. The number of hydrogen-bond acceptors (Lipinski definition) is 5. The maximum absolute atomic E-state index is 13.6. The van der Waals surface area contributed by atoms with Crippen LogP contribution in [0.15, 0.2) is 42.0 Å². The van der Waals surface area contributed by atoms with Gasteiger partial charge in [-0.15, -0.1) is 0 Å². The minimum absolute atomic E-state index is 0.0128. The Bertz CT molecular complexity index is 1070. The number of carbonyl (C=O) groups is 2. The summed E-state index contributed by atoms with van der Waals surface area (Å²) in [4.78, 5) is 29.9. The zero-order valence-electron chi connectivity index (χ0n) is 19.8. The largest absolute Gasteiger partial charge is 0.507 e. The number of likely N-dealkylation sites (N-methyl/N-ethyl adjacent to an activating group) is 1. The summed E-state index contributed by atoms with van der Waals surface area (Å²) in [6.07, 6.45) is 0. The molecule has 1 amide bonds. The van der Waals surface area contributed by atoms with E-state index in [4.69, 9.17) is 4.74 Å². The number of likely N-dealkylation sites (tertiary alicyclic amines) is 1. The lowest BCUT2D eigenvalue weighted by Crippen LogP contribution is -2.38. The van der Waals surface area contributed by atoms with Crippen LogP contribution in [0, 0.1) is 19.7 Å². The fraction of sp³-hybridized carbons (Fsp3) is 0.385. The van der Waals surface area contributed by atoms with Gasteiger partial charge < -0.3 is 19.6 Å². The van der Waals surface area contributed by atoms with Crippen molar-refractivity contribution in [3.05, 3.63) is 70.0 Å². The highest BCUT2D eigenvalue weighted by Crippen LogP contribution is 2.40. The Kier molecular flexibility index (Phi) is 7.53. The molecule has 1 aliphatic rings. The van der Waals surface area contributed by atoms with E-state index in [1.165, 1.54) is 17.0 Å². The summed E-state index contributed by atoms with van der Waals surface area (Å²) >= 11 is 0. The van der Waals surface area contributed by atoms with Crippen LogP contribution in [-0.2, 0) is 9.59 Å². The zero-order chi connectivity index (χ0) is 24.3. The molecular weight excluding hydrogens is 423 g/mol. The molecule has 0 bridgehead atoms. The molecule has 3 rings (SSSR count). The van der Waals surface area contributed by atoms with Gasteiger partial charge >= 0.3 is 0 Å². The van der Waals surface area contributed by atoms with Crippen LogP contribution < -0.4 is 4.74 Å². The Balaban J connectivity index is 2.15. The number of ether oxygens (including phenoxy) is 1. The van der Waals surface area contributed by atoms with Gasteiger partial charge in [-0.1, -0.05) is 26.0 Å². The van der Waals surface area contributed by atoms with Gasteiger partial charge in [-0.25, -0.2) is 4.39 Å². The van der Waals surface area contributed by atoms with E-state index < -0.39 is 23.5 Å². The maximum atomic E-state index is 13.6. The molecule has 33 heavy (non-hydrogen) atoms. The van der Waals surface area contributed by atoms with Gasteiger partial charge in [0.1, 0.15) is 17.3 Å². The van der Waals surface area contributed by atoms with E-state index in [9.17, 15) is 19.1 Å². The Morgan fingerprint density at radius 2 is 1.73 bits per heavy atom. The molecule has 1 unspecified atom stereocenters. The predicted octanol–water partition coefficient (Wildman–Crippen LogP) is 4.21. The third kappa shape index (κ3) is 4.78. The van der Waals surface area contributed by atoms with Gasteiger partial charge in [0.2, 0.25) is 0 Å². The monoisotopic (exact) mass is 454 g/mol. The molecule has 7 heteroatoms. The molecule has 0 spiro atoms. The summed E-state index contributed by atoms with van der Waals surface area (Å²) < 4.78 is 19.0. The van der Waals surface area contributed by atoms with E-state index in [2.05, 4.69) is 4.90 Å². The maximum Gasteiger partial charge on any atom is 0.295 e. The third-order valence-electron chi connectivity index (χ3n) is 6.27. The van der Waals surface area contributed by atoms with Crippen LogP contribution >= 0.6 is 0 Å². The predicted molar refractivity (Wildman–Crippen MR) is 126 cm³/mol. The summed E-state index contributed by atoms with van der Waals surface area (Å²) in [5.41, 5.74) is 2.54. The van der Waals surface area contributed by atoms with Gasteiger partial charge in [0, 0.05) is 18.7 Å². The van der Waals surface area contributed by atoms with Gasteiger partial charge in [0.05, 0.1) is 18.7 Å². The first-order chi connectivity index (χ1) is 15.7. The van der Waals surface area contributed by atoms with Gasteiger partial charge in [-0.2, -0.15) is 0 Å². The first-order valence-electron chi connectivity index (χ1n) is 11.1. The highest BCUT2D eigenvalue weighted by molar-refractivity contribution is 6.46. The molecule has 1 atom stereocenters. The second-order valence-electron chi connectivity index (χ2n) is 8.21. The molecule has 2 aromatic carbocycles. The van der Waals surface area contributed by atoms with Crippen LogP contribution in [0.4, 0.5) is 4.39 Å². The number of benzene rings is 2. The molecule has 0 aromatic heterocycles. The summed E-state index contributed by atoms with van der Waals surface area (Å²) in [5, 5.41) is 11.3. The molecule has 0 aliphatic carbocycles. The quantitative estimate of drug-likeness (QED) is 0.368. The number of halogens is 1. The smallest absolute Gasteiger partial charge is 0.295 e. The highest BCUT2D eigenvalue weighted by Gasteiger charge is 2.46. The second kappa shape index (κ2) is 10.2.